The molecule has 8 heteroatoms. The van der Waals surface area contributed by atoms with Gasteiger partial charge >= 0.3 is 5.97 Å². The van der Waals surface area contributed by atoms with Crippen molar-refractivity contribution in [2.45, 2.75) is 19.4 Å². The quantitative estimate of drug-likeness (QED) is 0.686. The van der Waals surface area contributed by atoms with E-state index < -0.39 is 18.0 Å². The van der Waals surface area contributed by atoms with Gasteiger partial charge in [-0.25, -0.2) is 4.79 Å². The standard InChI is InChI=1S/C18H16Cl2N2O4/c1-11(17(23)22(2)10-4-9-21)25-18(24)15-8-7-14(26-15)12-5-3-6-13(19)16(12)20/h3,5-8,11H,4,10H2,1-2H3/t11-/m1/s1. The van der Waals surface area contributed by atoms with Crippen molar-refractivity contribution in [2.75, 3.05) is 13.6 Å². The topological polar surface area (TPSA) is 83.5 Å². The molecule has 136 valence electrons. The van der Waals surface area contributed by atoms with Gasteiger partial charge in [-0.05, 0) is 31.2 Å². The Kier molecular flexibility index (Phi) is 6.67. The molecule has 0 aliphatic carbocycles. The van der Waals surface area contributed by atoms with Gasteiger partial charge in [-0.15, -0.1) is 0 Å². The number of halogens is 2. The van der Waals surface area contributed by atoms with E-state index in [-0.39, 0.29) is 18.7 Å². The van der Waals surface area contributed by atoms with E-state index >= 15 is 0 Å². The fraction of sp³-hybridized carbons (Fsp3) is 0.278. The Balaban J connectivity index is 2.07. The minimum atomic E-state index is -1.01. The maximum absolute atomic E-state index is 12.2. The Hall–Kier alpha value is -2.49. The molecule has 1 atom stereocenters. The Morgan fingerprint density at radius 1 is 1.31 bits per heavy atom. The summed E-state index contributed by atoms with van der Waals surface area (Å²) in [4.78, 5) is 25.6. The molecule has 2 aromatic rings. The molecule has 1 aromatic carbocycles. The van der Waals surface area contributed by atoms with E-state index in [9.17, 15) is 9.59 Å². The molecule has 1 aromatic heterocycles. The Labute approximate surface area is 160 Å². The van der Waals surface area contributed by atoms with Crippen molar-refractivity contribution in [2.24, 2.45) is 0 Å². The van der Waals surface area contributed by atoms with E-state index in [1.807, 2.05) is 6.07 Å². The lowest BCUT2D eigenvalue weighted by atomic mass is 10.2. The van der Waals surface area contributed by atoms with Crippen molar-refractivity contribution in [1.29, 1.82) is 5.26 Å². The number of hydrogen-bond acceptors (Lipinski definition) is 5. The van der Waals surface area contributed by atoms with Crippen molar-refractivity contribution in [3.05, 3.63) is 46.1 Å². The van der Waals surface area contributed by atoms with Crippen LogP contribution in [0.5, 0.6) is 0 Å². The molecular formula is C18H16Cl2N2O4. The van der Waals surface area contributed by atoms with Crippen LogP contribution < -0.4 is 0 Å². The maximum atomic E-state index is 12.2. The van der Waals surface area contributed by atoms with Crippen molar-refractivity contribution < 1.29 is 18.7 Å². The molecular weight excluding hydrogens is 379 g/mol. The number of benzene rings is 1. The first-order valence-corrected chi connectivity index (χ1v) is 8.48. The second-order valence-corrected chi connectivity index (χ2v) is 6.27. The number of hydrogen-bond donors (Lipinski definition) is 0. The molecule has 1 amide bonds. The summed E-state index contributed by atoms with van der Waals surface area (Å²) in [7, 11) is 1.54. The molecule has 6 nitrogen and oxygen atoms in total. The molecule has 26 heavy (non-hydrogen) atoms. The van der Waals surface area contributed by atoms with Gasteiger partial charge in [0.1, 0.15) is 5.76 Å². The van der Waals surface area contributed by atoms with Crippen molar-refractivity contribution in [3.63, 3.8) is 0 Å². The Morgan fingerprint density at radius 2 is 2.04 bits per heavy atom. The second-order valence-electron chi connectivity index (χ2n) is 5.48. The Bertz CT molecular complexity index is 857. The van der Waals surface area contributed by atoms with Crippen LogP contribution in [-0.4, -0.2) is 36.5 Å². The van der Waals surface area contributed by atoms with Crippen LogP contribution in [-0.2, 0) is 9.53 Å². The van der Waals surface area contributed by atoms with Crippen molar-refractivity contribution in [1.82, 2.24) is 4.90 Å². The molecule has 0 saturated heterocycles. The highest BCUT2D eigenvalue weighted by molar-refractivity contribution is 6.43. The van der Waals surface area contributed by atoms with Crippen LogP contribution in [0.4, 0.5) is 0 Å². The van der Waals surface area contributed by atoms with Crippen LogP contribution in [0.1, 0.15) is 23.9 Å². The number of ether oxygens (including phenoxy) is 1. The predicted molar refractivity (Wildman–Crippen MR) is 96.9 cm³/mol. The summed E-state index contributed by atoms with van der Waals surface area (Å²) in [6.45, 7) is 1.72. The highest BCUT2D eigenvalue weighted by Gasteiger charge is 2.24. The summed E-state index contributed by atoms with van der Waals surface area (Å²) < 4.78 is 10.6. The predicted octanol–water partition coefficient (Wildman–Crippen LogP) is 4.17. The first-order chi connectivity index (χ1) is 12.3. The zero-order chi connectivity index (χ0) is 19.3. The lowest BCUT2D eigenvalue weighted by Crippen LogP contribution is -2.37. The van der Waals surface area contributed by atoms with Crippen molar-refractivity contribution in [3.8, 4) is 17.4 Å². The lowest BCUT2D eigenvalue weighted by Gasteiger charge is -2.20. The molecule has 0 saturated carbocycles. The van der Waals surface area contributed by atoms with E-state index in [0.717, 1.165) is 0 Å². The minimum absolute atomic E-state index is 0.0598. The van der Waals surface area contributed by atoms with E-state index in [1.165, 1.54) is 24.9 Å². The number of furan rings is 1. The van der Waals surface area contributed by atoms with Gasteiger partial charge in [-0.1, -0.05) is 29.3 Å². The van der Waals surface area contributed by atoms with Crippen LogP contribution in [0.25, 0.3) is 11.3 Å². The van der Waals surface area contributed by atoms with Gasteiger partial charge in [-0.2, -0.15) is 5.26 Å². The third-order valence-electron chi connectivity index (χ3n) is 3.59. The molecule has 0 radical (unpaired) electrons. The molecule has 0 fully saturated rings. The fourth-order valence-electron chi connectivity index (χ4n) is 2.19. The Morgan fingerprint density at radius 3 is 2.73 bits per heavy atom. The molecule has 0 aliphatic rings. The van der Waals surface area contributed by atoms with Gasteiger partial charge < -0.3 is 14.1 Å². The van der Waals surface area contributed by atoms with Crippen LogP contribution in [0.3, 0.4) is 0 Å². The molecule has 1 heterocycles. The zero-order valence-electron chi connectivity index (χ0n) is 14.2. The van der Waals surface area contributed by atoms with Crippen LogP contribution in [0, 0.1) is 11.3 Å². The van der Waals surface area contributed by atoms with Gasteiger partial charge in [0.05, 0.1) is 22.5 Å². The SMILES string of the molecule is C[C@@H](OC(=O)c1ccc(-c2cccc(Cl)c2Cl)o1)C(=O)N(C)CCC#N. The normalized spacial score (nSPS) is 11.5. The molecule has 0 spiro atoms. The number of likely N-dealkylation sites (N-methyl/N-ethyl adjacent to an activating group) is 1. The van der Waals surface area contributed by atoms with E-state index in [2.05, 4.69) is 0 Å². The summed E-state index contributed by atoms with van der Waals surface area (Å²) >= 11 is 12.1. The molecule has 0 N–H and O–H groups in total. The number of rotatable bonds is 6. The second kappa shape index (κ2) is 8.75. The summed E-state index contributed by atoms with van der Waals surface area (Å²) in [5.74, 6) is -0.882. The van der Waals surface area contributed by atoms with Crippen molar-refractivity contribution >= 4 is 35.1 Å². The van der Waals surface area contributed by atoms with Crippen LogP contribution in [0.2, 0.25) is 10.0 Å². The largest absolute Gasteiger partial charge is 0.449 e. The number of carbonyl (C=O) groups is 2. The highest BCUT2D eigenvalue weighted by atomic mass is 35.5. The molecule has 2 rings (SSSR count). The summed E-state index contributed by atoms with van der Waals surface area (Å²) in [6.07, 6.45) is -0.806. The lowest BCUT2D eigenvalue weighted by molar-refractivity contribution is -0.138. The molecule has 0 bridgehead atoms. The minimum Gasteiger partial charge on any atom is -0.449 e. The third-order valence-corrected chi connectivity index (χ3v) is 4.41. The number of nitriles is 1. The monoisotopic (exact) mass is 394 g/mol. The number of nitrogens with zero attached hydrogens (tertiary/aromatic N) is 2. The first kappa shape index (κ1) is 19.8. The first-order valence-electron chi connectivity index (χ1n) is 7.72. The van der Waals surface area contributed by atoms with Gasteiger partial charge in [0, 0.05) is 19.2 Å². The zero-order valence-corrected chi connectivity index (χ0v) is 15.7. The third kappa shape index (κ3) is 4.57. The maximum Gasteiger partial charge on any atom is 0.375 e. The number of carbonyl (C=O) groups excluding carboxylic acids is 2. The average molecular weight is 395 g/mol. The van der Waals surface area contributed by atoms with E-state index in [0.29, 0.717) is 21.4 Å². The highest BCUT2D eigenvalue weighted by Crippen LogP contribution is 2.34. The van der Waals surface area contributed by atoms with Crippen LogP contribution >= 0.6 is 23.2 Å². The van der Waals surface area contributed by atoms with Gasteiger partial charge in [0.2, 0.25) is 5.76 Å². The number of esters is 1. The molecule has 0 unspecified atom stereocenters. The van der Waals surface area contributed by atoms with Gasteiger partial charge in [0.15, 0.2) is 6.10 Å². The van der Waals surface area contributed by atoms with E-state index in [4.69, 9.17) is 37.6 Å². The molecule has 0 aliphatic heterocycles. The summed E-state index contributed by atoms with van der Waals surface area (Å²) in [6, 6.07) is 10.0. The van der Waals surface area contributed by atoms with Gasteiger partial charge in [-0.3, -0.25) is 4.79 Å². The number of amides is 1. The van der Waals surface area contributed by atoms with Gasteiger partial charge in [0.25, 0.3) is 5.91 Å². The average Bonchev–Trinajstić information content (AvgIpc) is 3.11. The smallest absolute Gasteiger partial charge is 0.375 e. The van der Waals surface area contributed by atoms with E-state index in [1.54, 1.807) is 24.3 Å². The fourth-order valence-corrected chi connectivity index (χ4v) is 2.59. The summed E-state index contributed by atoms with van der Waals surface area (Å²) in [5.41, 5.74) is 0.540. The summed E-state index contributed by atoms with van der Waals surface area (Å²) in [5, 5.41) is 9.24. The van der Waals surface area contributed by atoms with Crippen LogP contribution in [0.15, 0.2) is 34.7 Å².